The quantitative estimate of drug-likeness (QED) is 0.603. The highest BCUT2D eigenvalue weighted by Gasteiger charge is 2.28. The van der Waals surface area contributed by atoms with Crippen LogP contribution in [0.2, 0.25) is 0 Å². The molecule has 1 aromatic carbocycles. The molecule has 3 aromatic rings. The first-order valence-electron chi connectivity index (χ1n) is 12.0. The maximum atomic E-state index is 9.48. The Morgan fingerprint density at radius 2 is 2.06 bits per heavy atom. The van der Waals surface area contributed by atoms with Crippen LogP contribution in [0.1, 0.15) is 25.3 Å². The van der Waals surface area contributed by atoms with Crippen LogP contribution in [0.4, 0.5) is 17.2 Å². The molecule has 0 aliphatic carbocycles. The molecule has 8 nitrogen and oxygen atoms in total. The number of hydrogen-bond donors (Lipinski definition) is 2. The van der Waals surface area contributed by atoms with Gasteiger partial charge in [0, 0.05) is 74.0 Å². The van der Waals surface area contributed by atoms with Crippen molar-refractivity contribution in [3.8, 4) is 6.07 Å². The number of pyridine rings is 2. The fraction of sp³-hybridized carbons (Fsp3) is 0.423. The second-order valence-corrected chi connectivity index (χ2v) is 9.25. The second-order valence-electron chi connectivity index (χ2n) is 9.25. The van der Waals surface area contributed by atoms with Gasteiger partial charge in [-0.2, -0.15) is 5.26 Å². The lowest BCUT2D eigenvalue weighted by Gasteiger charge is -2.40. The fourth-order valence-corrected chi connectivity index (χ4v) is 5.19. The van der Waals surface area contributed by atoms with Gasteiger partial charge < -0.3 is 25.6 Å². The topological polar surface area (TPSA) is 103 Å². The van der Waals surface area contributed by atoms with Gasteiger partial charge in [0.2, 0.25) is 0 Å². The molecule has 34 heavy (non-hydrogen) atoms. The number of piperidine rings is 1. The summed E-state index contributed by atoms with van der Waals surface area (Å²) in [4.78, 5) is 13.3. The van der Waals surface area contributed by atoms with Crippen molar-refractivity contribution in [2.24, 2.45) is 0 Å². The average Bonchev–Trinajstić information content (AvgIpc) is 2.86. The highest BCUT2D eigenvalue weighted by Crippen LogP contribution is 2.30. The molecule has 0 saturated carbocycles. The minimum absolute atomic E-state index is 0.0815. The van der Waals surface area contributed by atoms with Crippen molar-refractivity contribution in [1.29, 1.82) is 5.26 Å². The molecule has 0 radical (unpaired) electrons. The zero-order chi connectivity index (χ0) is 23.5. The Morgan fingerprint density at radius 1 is 1.15 bits per heavy atom. The van der Waals surface area contributed by atoms with Crippen LogP contribution >= 0.6 is 0 Å². The van der Waals surface area contributed by atoms with Crippen molar-refractivity contribution in [2.75, 3.05) is 48.3 Å². The Bertz CT molecular complexity index is 1190. The van der Waals surface area contributed by atoms with Gasteiger partial charge in [0.05, 0.1) is 23.3 Å². The van der Waals surface area contributed by atoms with Crippen molar-refractivity contribution in [1.82, 2.24) is 15.3 Å². The van der Waals surface area contributed by atoms with Gasteiger partial charge in [-0.1, -0.05) is 0 Å². The molecule has 2 saturated heterocycles. The van der Waals surface area contributed by atoms with Gasteiger partial charge in [-0.15, -0.1) is 0 Å². The number of nitrogens with one attached hydrogen (secondary N) is 1. The number of ether oxygens (including phenoxy) is 1. The summed E-state index contributed by atoms with van der Waals surface area (Å²) in [5, 5.41) is 14.2. The molecule has 2 aliphatic rings. The molecule has 3 atom stereocenters. The Morgan fingerprint density at radius 3 is 2.91 bits per heavy atom. The third-order valence-electron chi connectivity index (χ3n) is 6.72. The summed E-state index contributed by atoms with van der Waals surface area (Å²) in [6.45, 7) is 6.51. The highest BCUT2D eigenvalue weighted by molar-refractivity contribution is 5.95. The van der Waals surface area contributed by atoms with Crippen LogP contribution in [0, 0.1) is 11.3 Å². The van der Waals surface area contributed by atoms with E-state index in [1.807, 2.05) is 36.4 Å². The number of nitriles is 1. The van der Waals surface area contributed by atoms with E-state index >= 15 is 0 Å². The largest absolute Gasteiger partial charge is 0.384 e. The zero-order valence-corrected chi connectivity index (χ0v) is 19.5. The maximum Gasteiger partial charge on any atom is 0.125 e. The van der Waals surface area contributed by atoms with Gasteiger partial charge in [0.1, 0.15) is 11.9 Å². The summed E-state index contributed by atoms with van der Waals surface area (Å²) in [5.74, 6) is 0.558. The van der Waals surface area contributed by atoms with Crippen molar-refractivity contribution in [3.63, 3.8) is 0 Å². The van der Waals surface area contributed by atoms with E-state index in [-0.39, 0.29) is 12.2 Å². The fourth-order valence-electron chi connectivity index (χ4n) is 5.19. The summed E-state index contributed by atoms with van der Waals surface area (Å²) in [6.07, 6.45) is 6.00. The number of anilines is 3. The van der Waals surface area contributed by atoms with Crippen LogP contribution in [0.5, 0.6) is 0 Å². The molecule has 0 bridgehead atoms. The standard InChI is InChI=1S/C26H31N7O/c1-18-15-33(24-7-6-19(13-27)26-23(24)5-2-9-30-26)17-22(34-18)14-31-20-4-3-11-32(16-20)21-8-10-29-25(28)12-21/h2,5-10,12,18,20,22,31H,3-4,11,14-17H2,1H3,(H2,28,29). The maximum absolute atomic E-state index is 9.48. The lowest BCUT2D eigenvalue weighted by atomic mass is 10.0. The third-order valence-corrected chi connectivity index (χ3v) is 6.72. The molecule has 176 valence electrons. The molecule has 2 fully saturated rings. The first-order chi connectivity index (χ1) is 16.6. The smallest absolute Gasteiger partial charge is 0.125 e. The van der Waals surface area contributed by atoms with Gasteiger partial charge in [-0.25, -0.2) is 4.98 Å². The van der Waals surface area contributed by atoms with Crippen LogP contribution in [0.25, 0.3) is 10.9 Å². The molecule has 2 aliphatic heterocycles. The van der Waals surface area contributed by atoms with E-state index in [2.05, 4.69) is 38.1 Å². The van der Waals surface area contributed by atoms with Crippen molar-refractivity contribution >= 4 is 28.1 Å². The molecule has 4 heterocycles. The molecule has 2 aromatic heterocycles. The molecule has 3 N–H and O–H groups in total. The number of hydrogen-bond acceptors (Lipinski definition) is 8. The molecular formula is C26H31N7O. The monoisotopic (exact) mass is 457 g/mol. The number of rotatable bonds is 5. The first kappa shape index (κ1) is 22.4. The summed E-state index contributed by atoms with van der Waals surface area (Å²) in [6, 6.07) is 14.5. The Balaban J connectivity index is 1.25. The van der Waals surface area contributed by atoms with Crippen LogP contribution < -0.4 is 20.9 Å². The second kappa shape index (κ2) is 9.84. The lowest BCUT2D eigenvalue weighted by Crippen LogP contribution is -2.53. The number of morpholine rings is 1. The van der Waals surface area contributed by atoms with E-state index < -0.39 is 0 Å². The van der Waals surface area contributed by atoms with Crippen molar-refractivity contribution in [2.45, 2.75) is 38.0 Å². The lowest BCUT2D eigenvalue weighted by molar-refractivity contribution is -0.0159. The molecular weight excluding hydrogens is 426 g/mol. The zero-order valence-electron chi connectivity index (χ0n) is 19.5. The van der Waals surface area contributed by atoms with Gasteiger partial charge >= 0.3 is 0 Å². The normalized spacial score (nSPS) is 23.1. The van der Waals surface area contributed by atoms with Crippen LogP contribution in [-0.2, 0) is 4.74 Å². The van der Waals surface area contributed by atoms with Gasteiger partial charge in [0.25, 0.3) is 0 Å². The molecule has 5 rings (SSSR count). The number of nitrogens with two attached hydrogens (primary N) is 1. The summed E-state index contributed by atoms with van der Waals surface area (Å²) < 4.78 is 6.30. The molecule has 8 heteroatoms. The van der Waals surface area contributed by atoms with Gasteiger partial charge in [0.15, 0.2) is 0 Å². The van der Waals surface area contributed by atoms with Crippen LogP contribution in [0.15, 0.2) is 48.8 Å². The van der Waals surface area contributed by atoms with E-state index in [4.69, 9.17) is 10.5 Å². The molecule has 3 unspecified atom stereocenters. The predicted molar refractivity (Wildman–Crippen MR) is 135 cm³/mol. The molecule has 0 spiro atoms. The number of fused-ring (bicyclic) bond motifs is 1. The van der Waals surface area contributed by atoms with Gasteiger partial charge in [-0.05, 0) is 50.1 Å². The first-order valence-corrected chi connectivity index (χ1v) is 12.0. The number of benzene rings is 1. The molecule has 0 amide bonds. The Labute approximate surface area is 200 Å². The minimum Gasteiger partial charge on any atom is -0.384 e. The van der Waals surface area contributed by atoms with E-state index in [9.17, 15) is 5.26 Å². The van der Waals surface area contributed by atoms with Gasteiger partial charge in [-0.3, -0.25) is 4.98 Å². The van der Waals surface area contributed by atoms with E-state index in [1.165, 1.54) is 0 Å². The Kier molecular flexibility index (Phi) is 6.48. The van der Waals surface area contributed by atoms with E-state index in [1.54, 1.807) is 12.4 Å². The SMILES string of the molecule is CC1CN(c2ccc(C#N)c3ncccc23)CC(CNC2CCCN(c3ccnc(N)c3)C2)O1. The number of nitrogens with zero attached hydrogens (tertiary/aromatic N) is 5. The summed E-state index contributed by atoms with van der Waals surface area (Å²) >= 11 is 0. The van der Waals surface area contributed by atoms with E-state index in [0.29, 0.717) is 17.4 Å². The third kappa shape index (κ3) is 4.76. The van der Waals surface area contributed by atoms with Crippen LogP contribution in [-0.4, -0.2) is 60.9 Å². The van der Waals surface area contributed by atoms with Crippen LogP contribution in [0.3, 0.4) is 0 Å². The number of nitrogen functional groups attached to an aromatic ring is 1. The van der Waals surface area contributed by atoms with E-state index in [0.717, 1.165) is 67.8 Å². The average molecular weight is 458 g/mol. The van der Waals surface area contributed by atoms with Crippen molar-refractivity contribution in [3.05, 3.63) is 54.4 Å². The highest BCUT2D eigenvalue weighted by atomic mass is 16.5. The predicted octanol–water partition coefficient (Wildman–Crippen LogP) is 2.94. The Hall–Kier alpha value is -3.41. The minimum atomic E-state index is 0.0815. The summed E-state index contributed by atoms with van der Waals surface area (Å²) in [5.41, 5.74) is 9.50. The summed E-state index contributed by atoms with van der Waals surface area (Å²) in [7, 11) is 0. The van der Waals surface area contributed by atoms with Crippen molar-refractivity contribution < 1.29 is 4.74 Å². The number of aromatic nitrogens is 2.